The summed E-state index contributed by atoms with van der Waals surface area (Å²) in [4.78, 5) is 4.23. The van der Waals surface area contributed by atoms with Gasteiger partial charge in [-0.05, 0) is 31.5 Å². The summed E-state index contributed by atoms with van der Waals surface area (Å²) in [7, 11) is 0. The zero-order valence-electron chi connectivity index (χ0n) is 7.54. The average molecular weight is 196 g/mol. The molecule has 0 aromatic heterocycles. The average Bonchev–Trinajstić information content (AvgIpc) is 2.08. The SMILES string of the molecule is Cc1ccc2c(c1)OC(C)C(Cl)=N2. The third-order valence-corrected chi connectivity index (χ3v) is 2.37. The molecule has 1 aromatic carbocycles. The second-order valence-corrected chi connectivity index (χ2v) is 3.55. The standard InChI is InChI=1S/C10H10ClNO/c1-6-3-4-8-9(5-6)13-7(2)10(11)12-8/h3-5,7H,1-2H3. The summed E-state index contributed by atoms with van der Waals surface area (Å²) < 4.78 is 5.56. The van der Waals surface area contributed by atoms with Gasteiger partial charge in [0.05, 0.1) is 0 Å². The van der Waals surface area contributed by atoms with Crippen molar-refractivity contribution in [1.29, 1.82) is 0 Å². The zero-order chi connectivity index (χ0) is 9.42. The van der Waals surface area contributed by atoms with Gasteiger partial charge in [-0.3, -0.25) is 0 Å². The number of fused-ring (bicyclic) bond motifs is 1. The molecule has 0 aliphatic carbocycles. The van der Waals surface area contributed by atoms with Gasteiger partial charge in [0.1, 0.15) is 22.7 Å². The van der Waals surface area contributed by atoms with Crippen LogP contribution >= 0.6 is 11.6 Å². The van der Waals surface area contributed by atoms with E-state index in [9.17, 15) is 0 Å². The van der Waals surface area contributed by atoms with Crippen LogP contribution in [0.3, 0.4) is 0 Å². The van der Waals surface area contributed by atoms with E-state index in [-0.39, 0.29) is 6.10 Å². The van der Waals surface area contributed by atoms with E-state index >= 15 is 0 Å². The molecule has 2 rings (SSSR count). The topological polar surface area (TPSA) is 21.6 Å². The molecule has 3 heteroatoms. The van der Waals surface area contributed by atoms with Gasteiger partial charge in [0.25, 0.3) is 0 Å². The van der Waals surface area contributed by atoms with Crippen LogP contribution in [0.2, 0.25) is 0 Å². The summed E-state index contributed by atoms with van der Waals surface area (Å²) in [6, 6.07) is 5.88. The van der Waals surface area contributed by atoms with Crippen molar-refractivity contribution >= 4 is 22.5 Å². The quantitative estimate of drug-likeness (QED) is 0.624. The van der Waals surface area contributed by atoms with E-state index in [1.54, 1.807) is 0 Å². The molecule has 1 atom stereocenters. The molecule has 0 bridgehead atoms. The summed E-state index contributed by atoms with van der Waals surface area (Å²) in [6.07, 6.45) is -0.129. The number of halogens is 1. The van der Waals surface area contributed by atoms with E-state index in [0.29, 0.717) is 5.17 Å². The molecule has 0 saturated carbocycles. The van der Waals surface area contributed by atoms with E-state index in [1.165, 1.54) is 5.56 Å². The predicted molar refractivity (Wildman–Crippen MR) is 54.2 cm³/mol. The fourth-order valence-corrected chi connectivity index (χ4v) is 1.39. The Morgan fingerprint density at radius 3 is 3.00 bits per heavy atom. The number of rotatable bonds is 0. The molecule has 13 heavy (non-hydrogen) atoms. The largest absolute Gasteiger partial charge is 0.481 e. The molecule has 68 valence electrons. The van der Waals surface area contributed by atoms with Gasteiger partial charge < -0.3 is 4.74 Å². The smallest absolute Gasteiger partial charge is 0.149 e. The van der Waals surface area contributed by atoms with Crippen LogP contribution in [0.25, 0.3) is 0 Å². The Bertz CT molecular complexity index is 373. The van der Waals surface area contributed by atoms with Gasteiger partial charge in [-0.15, -0.1) is 0 Å². The van der Waals surface area contributed by atoms with Gasteiger partial charge in [-0.1, -0.05) is 17.7 Å². The van der Waals surface area contributed by atoms with E-state index in [0.717, 1.165) is 11.4 Å². The highest BCUT2D eigenvalue weighted by atomic mass is 35.5. The Hall–Kier alpha value is -1.02. The lowest BCUT2D eigenvalue weighted by atomic mass is 10.2. The molecule has 1 unspecified atom stereocenters. The first-order chi connectivity index (χ1) is 6.16. The lowest BCUT2D eigenvalue weighted by molar-refractivity contribution is 0.286. The molecule has 0 spiro atoms. The van der Waals surface area contributed by atoms with Crippen LogP contribution in [-0.4, -0.2) is 11.3 Å². The number of aryl methyl sites for hydroxylation is 1. The van der Waals surface area contributed by atoms with Crippen molar-refractivity contribution in [3.8, 4) is 5.75 Å². The second kappa shape index (κ2) is 3.04. The number of hydrogen-bond acceptors (Lipinski definition) is 2. The molecule has 0 amide bonds. The Morgan fingerprint density at radius 2 is 2.23 bits per heavy atom. The summed E-state index contributed by atoms with van der Waals surface area (Å²) in [5.74, 6) is 0.817. The monoisotopic (exact) mass is 195 g/mol. The maximum Gasteiger partial charge on any atom is 0.149 e. The van der Waals surface area contributed by atoms with E-state index in [1.807, 2.05) is 32.0 Å². The first kappa shape index (κ1) is 8.57. The van der Waals surface area contributed by atoms with Crippen molar-refractivity contribution in [1.82, 2.24) is 0 Å². The molecule has 1 aromatic rings. The third kappa shape index (κ3) is 1.54. The number of hydrogen-bond donors (Lipinski definition) is 0. The van der Waals surface area contributed by atoms with Gasteiger partial charge >= 0.3 is 0 Å². The van der Waals surface area contributed by atoms with Crippen LogP contribution in [0, 0.1) is 6.92 Å². The van der Waals surface area contributed by atoms with Crippen LogP contribution in [0.5, 0.6) is 5.75 Å². The van der Waals surface area contributed by atoms with Gasteiger partial charge in [0.15, 0.2) is 0 Å². The van der Waals surface area contributed by atoms with E-state index in [4.69, 9.17) is 16.3 Å². The van der Waals surface area contributed by atoms with E-state index in [2.05, 4.69) is 4.99 Å². The van der Waals surface area contributed by atoms with Crippen LogP contribution in [0.15, 0.2) is 23.2 Å². The molecule has 0 saturated heterocycles. The third-order valence-electron chi connectivity index (χ3n) is 1.98. The summed E-state index contributed by atoms with van der Waals surface area (Å²) in [6.45, 7) is 3.91. The molecule has 0 radical (unpaired) electrons. The molecule has 1 aliphatic heterocycles. The van der Waals surface area contributed by atoms with Crippen molar-refractivity contribution in [3.05, 3.63) is 23.8 Å². The number of nitrogens with zero attached hydrogens (tertiary/aromatic N) is 1. The minimum atomic E-state index is -0.129. The summed E-state index contributed by atoms with van der Waals surface area (Å²) in [5.41, 5.74) is 1.98. The highest BCUT2D eigenvalue weighted by molar-refractivity contribution is 6.66. The minimum Gasteiger partial charge on any atom is -0.481 e. The van der Waals surface area contributed by atoms with Crippen LogP contribution in [-0.2, 0) is 0 Å². The number of ether oxygens (including phenoxy) is 1. The first-order valence-electron chi connectivity index (χ1n) is 4.18. The van der Waals surface area contributed by atoms with Crippen LogP contribution in [0.1, 0.15) is 12.5 Å². The Balaban J connectivity index is 2.50. The van der Waals surface area contributed by atoms with Gasteiger partial charge in [0, 0.05) is 0 Å². The molecular formula is C10H10ClNO. The first-order valence-corrected chi connectivity index (χ1v) is 4.56. The fourth-order valence-electron chi connectivity index (χ4n) is 1.25. The van der Waals surface area contributed by atoms with Crippen LogP contribution < -0.4 is 4.74 Å². The number of aliphatic imine (C=N–C) groups is 1. The van der Waals surface area contributed by atoms with Gasteiger partial charge in [-0.2, -0.15) is 0 Å². The molecular weight excluding hydrogens is 186 g/mol. The zero-order valence-corrected chi connectivity index (χ0v) is 8.30. The highest BCUT2D eigenvalue weighted by Gasteiger charge is 2.18. The molecule has 1 heterocycles. The Kier molecular flexibility index (Phi) is 2.00. The molecule has 1 aliphatic rings. The summed E-state index contributed by atoms with van der Waals surface area (Å²) >= 11 is 5.86. The van der Waals surface area contributed by atoms with Crippen molar-refractivity contribution in [2.24, 2.45) is 4.99 Å². The predicted octanol–water partition coefficient (Wildman–Crippen LogP) is 3.04. The molecule has 0 fully saturated rings. The minimum absolute atomic E-state index is 0.129. The highest BCUT2D eigenvalue weighted by Crippen LogP contribution is 2.33. The molecule has 2 nitrogen and oxygen atoms in total. The van der Waals surface area contributed by atoms with Crippen molar-refractivity contribution < 1.29 is 4.74 Å². The van der Waals surface area contributed by atoms with Crippen molar-refractivity contribution in [2.75, 3.05) is 0 Å². The molecule has 0 N–H and O–H groups in total. The number of benzene rings is 1. The normalized spacial score (nSPS) is 20.2. The maximum absolute atomic E-state index is 5.86. The maximum atomic E-state index is 5.86. The van der Waals surface area contributed by atoms with Crippen molar-refractivity contribution in [3.63, 3.8) is 0 Å². The Morgan fingerprint density at radius 1 is 1.46 bits per heavy atom. The van der Waals surface area contributed by atoms with Crippen molar-refractivity contribution in [2.45, 2.75) is 20.0 Å². The van der Waals surface area contributed by atoms with E-state index < -0.39 is 0 Å². The Labute approximate surface area is 82.2 Å². The second-order valence-electron chi connectivity index (χ2n) is 3.17. The fraction of sp³-hybridized carbons (Fsp3) is 0.300. The lowest BCUT2D eigenvalue weighted by Gasteiger charge is -2.20. The van der Waals surface area contributed by atoms with Crippen LogP contribution in [0.4, 0.5) is 5.69 Å². The van der Waals surface area contributed by atoms with Gasteiger partial charge in [0.2, 0.25) is 0 Å². The summed E-state index contributed by atoms with van der Waals surface area (Å²) in [5, 5.41) is 0.511. The van der Waals surface area contributed by atoms with Gasteiger partial charge in [-0.25, -0.2) is 4.99 Å². The lowest BCUT2D eigenvalue weighted by Crippen LogP contribution is -2.22.